The molecule has 1 unspecified atom stereocenters. The average Bonchev–Trinajstić information content (AvgIpc) is 2.40. The van der Waals surface area contributed by atoms with E-state index in [4.69, 9.17) is 15.2 Å². The Hall–Kier alpha value is -2.08. The zero-order valence-electron chi connectivity index (χ0n) is 11.9. The van der Waals surface area contributed by atoms with Crippen molar-refractivity contribution in [3.63, 3.8) is 0 Å². The first-order valence-corrected chi connectivity index (χ1v) is 6.29. The minimum atomic E-state index is -0.714. The Morgan fingerprint density at radius 2 is 2.10 bits per heavy atom. The molecule has 0 spiro atoms. The Balaban J connectivity index is 2.72. The summed E-state index contributed by atoms with van der Waals surface area (Å²) < 4.78 is 10.4. The third-order valence-electron chi connectivity index (χ3n) is 2.66. The number of nitrogen functional groups attached to an aromatic ring is 1. The van der Waals surface area contributed by atoms with Gasteiger partial charge >= 0.3 is 0 Å². The van der Waals surface area contributed by atoms with Crippen LogP contribution in [0.2, 0.25) is 0 Å². The van der Waals surface area contributed by atoms with Crippen molar-refractivity contribution in [1.82, 2.24) is 5.32 Å². The van der Waals surface area contributed by atoms with Crippen molar-refractivity contribution in [1.29, 1.82) is 0 Å². The summed E-state index contributed by atoms with van der Waals surface area (Å²) in [5.41, 5.74) is 6.47. The quantitative estimate of drug-likeness (QED) is 0.442. The van der Waals surface area contributed by atoms with E-state index in [-0.39, 0.29) is 11.7 Å². The summed E-state index contributed by atoms with van der Waals surface area (Å²) >= 11 is 0. The SMILES string of the molecule is COCCNC(=O)C(C)Oc1ccc(N)cc1C(C)=O. The van der Waals surface area contributed by atoms with E-state index >= 15 is 0 Å². The normalized spacial score (nSPS) is 11.8. The first-order chi connectivity index (χ1) is 9.45. The molecule has 0 aliphatic heterocycles. The molecule has 1 rings (SSSR count). The van der Waals surface area contributed by atoms with Crippen LogP contribution < -0.4 is 15.8 Å². The minimum absolute atomic E-state index is 0.167. The van der Waals surface area contributed by atoms with Crippen LogP contribution in [0.4, 0.5) is 5.69 Å². The summed E-state index contributed by atoms with van der Waals surface area (Å²) in [5, 5.41) is 2.67. The van der Waals surface area contributed by atoms with Gasteiger partial charge in [0.25, 0.3) is 5.91 Å². The molecule has 3 N–H and O–H groups in total. The van der Waals surface area contributed by atoms with E-state index in [1.54, 1.807) is 26.2 Å². The van der Waals surface area contributed by atoms with Gasteiger partial charge in [-0.2, -0.15) is 0 Å². The highest BCUT2D eigenvalue weighted by Gasteiger charge is 2.17. The van der Waals surface area contributed by atoms with Gasteiger partial charge in [0.15, 0.2) is 11.9 Å². The van der Waals surface area contributed by atoms with Crippen LogP contribution in [-0.4, -0.2) is 38.1 Å². The number of ether oxygens (including phenoxy) is 2. The molecule has 1 atom stereocenters. The highest BCUT2D eigenvalue weighted by molar-refractivity contribution is 5.97. The van der Waals surface area contributed by atoms with Crippen LogP contribution in [-0.2, 0) is 9.53 Å². The maximum absolute atomic E-state index is 11.8. The molecule has 0 saturated carbocycles. The summed E-state index contributed by atoms with van der Waals surface area (Å²) in [6, 6.07) is 4.75. The van der Waals surface area contributed by atoms with Crippen LogP contribution >= 0.6 is 0 Å². The molecular weight excluding hydrogens is 260 g/mol. The maximum atomic E-state index is 11.8. The highest BCUT2D eigenvalue weighted by Crippen LogP contribution is 2.23. The fourth-order valence-electron chi connectivity index (χ4n) is 1.59. The van der Waals surface area contributed by atoms with Gasteiger partial charge in [-0.3, -0.25) is 9.59 Å². The number of benzene rings is 1. The van der Waals surface area contributed by atoms with Crippen molar-refractivity contribution in [2.45, 2.75) is 20.0 Å². The van der Waals surface area contributed by atoms with Gasteiger partial charge in [-0.1, -0.05) is 0 Å². The number of nitrogens with two attached hydrogens (primary N) is 1. The number of hydrogen-bond acceptors (Lipinski definition) is 5. The molecule has 6 heteroatoms. The van der Waals surface area contributed by atoms with Crippen molar-refractivity contribution in [2.75, 3.05) is 26.0 Å². The second-order valence-electron chi connectivity index (χ2n) is 4.36. The van der Waals surface area contributed by atoms with Gasteiger partial charge in [-0.15, -0.1) is 0 Å². The number of amides is 1. The van der Waals surface area contributed by atoms with E-state index in [9.17, 15) is 9.59 Å². The van der Waals surface area contributed by atoms with Gasteiger partial charge in [-0.05, 0) is 32.0 Å². The maximum Gasteiger partial charge on any atom is 0.260 e. The second-order valence-corrected chi connectivity index (χ2v) is 4.36. The summed E-state index contributed by atoms with van der Waals surface area (Å²) in [4.78, 5) is 23.3. The van der Waals surface area contributed by atoms with E-state index in [1.165, 1.54) is 13.0 Å². The van der Waals surface area contributed by atoms with E-state index in [2.05, 4.69) is 5.32 Å². The van der Waals surface area contributed by atoms with Crippen molar-refractivity contribution >= 4 is 17.4 Å². The van der Waals surface area contributed by atoms with Gasteiger partial charge in [0.2, 0.25) is 0 Å². The molecule has 0 aromatic heterocycles. The lowest BCUT2D eigenvalue weighted by molar-refractivity contribution is -0.127. The molecule has 0 radical (unpaired) electrons. The van der Waals surface area contributed by atoms with Crippen molar-refractivity contribution in [3.8, 4) is 5.75 Å². The zero-order chi connectivity index (χ0) is 15.1. The topological polar surface area (TPSA) is 90.7 Å². The van der Waals surface area contributed by atoms with Crippen LogP contribution in [0.25, 0.3) is 0 Å². The van der Waals surface area contributed by atoms with Crippen molar-refractivity contribution < 1.29 is 19.1 Å². The number of rotatable bonds is 7. The fraction of sp³-hybridized carbons (Fsp3) is 0.429. The standard InChI is InChI=1S/C14H20N2O4/c1-9(17)12-8-11(15)4-5-13(12)20-10(2)14(18)16-6-7-19-3/h4-5,8,10H,6-7,15H2,1-3H3,(H,16,18). The predicted octanol–water partition coefficient (Wildman–Crippen LogP) is 1.00. The number of methoxy groups -OCH3 is 1. The number of nitrogens with one attached hydrogen (secondary N) is 1. The fourth-order valence-corrected chi connectivity index (χ4v) is 1.59. The molecule has 110 valence electrons. The lowest BCUT2D eigenvalue weighted by Crippen LogP contribution is -2.38. The van der Waals surface area contributed by atoms with Crippen molar-refractivity contribution in [2.24, 2.45) is 0 Å². The van der Waals surface area contributed by atoms with E-state index in [0.717, 1.165) is 0 Å². The second kappa shape index (κ2) is 7.49. The molecule has 0 aliphatic carbocycles. The Kier molecular flexibility index (Phi) is 5.99. The molecule has 1 amide bonds. The van der Waals surface area contributed by atoms with E-state index in [0.29, 0.717) is 30.2 Å². The molecule has 0 bridgehead atoms. The first-order valence-electron chi connectivity index (χ1n) is 6.29. The summed E-state index contributed by atoms with van der Waals surface area (Å²) in [6.45, 7) is 3.87. The number of anilines is 1. The molecule has 1 aromatic carbocycles. The average molecular weight is 280 g/mol. The smallest absolute Gasteiger partial charge is 0.260 e. The Morgan fingerprint density at radius 3 is 2.70 bits per heavy atom. The van der Waals surface area contributed by atoms with Crippen LogP contribution in [0.3, 0.4) is 0 Å². The van der Waals surface area contributed by atoms with Crippen molar-refractivity contribution in [3.05, 3.63) is 23.8 Å². The number of carbonyl (C=O) groups is 2. The summed E-state index contributed by atoms with van der Waals surface area (Å²) in [5.74, 6) is -0.0891. The number of carbonyl (C=O) groups excluding carboxylic acids is 2. The molecular formula is C14H20N2O4. The van der Waals surface area contributed by atoms with Gasteiger partial charge in [0.05, 0.1) is 12.2 Å². The Bertz CT molecular complexity index is 488. The van der Waals surface area contributed by atoms with Gasteiger partial charge in [0.1, 0.15) is 5.75 Å². The molecule has 6 nitrogen and oxygen atoms in total. The monoisotopic (exact) mass is 280 g/mol. The van der Waals surface area contributed by atoms with E-state index < -0.39 is 6.10 Å². The molecule has 0 fully saturated rings. The third-order valence-corrected chi connectivity index (χ3v) is 2.66. The number of hydrogen-bond donors (Lipinski definition) is 2. The lowest BCUT2D eigenvalue weighted by atomic mass is 10.1. The van der Waals surface area contributed by atoms with E-state index in [1.807, 2.05) is 0 Å². The molecule has 0 saturated heterocycles. The van der Waals surface area contributed by atoms with Crippen LogP contribution in [0.15, 0.2) is 18.2 Å². The zero-order valence-corrected chi connectivity index (χ0v) is 11.9. The molecule has 20 heavy (non-hydrogen) atoms. The minimum Gasteiger partial charge on any atom is -0.480 e. The Labute approximate surface area is 118 Å². The van der Waals surface area contributed by atoms with Crippen LogP contribution in [0, 0.1) is 0 Å². The van der Waals surface area contributed by atoms with Crippen LogP contribution in [0.1, 0.15) is 24.2 Å². The first kappa shape index (κ1) is 16.0. The molecule has 0 heterocycles. The molecule has 1 aromatic rings. The van der Waals surface area contributed by atoms with Gasteiger partial charge in [0, 0.05) is 19.3 Å². The predicted molar refractivity (Wildman–Crippen MR) is 75.8 cm³/mol. The third kappa shape index (κ3) is 4.55. The van der Waals surface area contributed by atoms with Gasteiger partial charge < -0.3 is 20.5 Å². The lowest BCUT2D eigenvalue weighted by Gasteiger charge is -2.16. The van der Waals surface area contributed by atoms with Crippen LogP contribution in [0.5, 0.6) is 5.75 Å². The van der Waals surface area contributed by atoms with Gasteiger partial charge in [-0.25, -0.2) is 0 Å². The highest BCUT2D eigenvalue weighted by atomic mass is 16.5. The largest absolute Gasteiger partial charge is 0.480 e. The number of Topliss-reactive ketones (excluding diaryl/α,β-unsaturated/α-hetero) is 1. The summed E-state index contributed by atoms with van der Waals surface area (Å²) in [7, 11) is 1.56. The number of ketones is 1. The molecule has 0 aliphatic rings. The summed E-state index contributed by atoms with van der Waals surface area (Å²) in [6.07, 6.45) is -0.714. The Morgan fingerprint density at radius 1 is 1.40 bits per heavy atom.